The summed E-state index contributed by atoms with van der Waals surface area (Å²) in [7, 11) is 1.92. The van der Waals surface area contributed by atoms with Gasteiger partial charge in [-0.25, -0.2) is 13.8 Å². The lowest BCUT2D eigenvalue weighted by Gasteiger charge is -2.33. The summed E-state index contributed by atoms with van der Waals surface area (Å²) >= 11 is 1.61. The van der Waals surface area contributed by atoms with Crippen LogP contribution in [0.15, 0.2) is 79.9 Å². The van der Waals surface area contributed by atoms with E-state index in [4.69, 9.17) is 10.1 Å². The van der Waals surface area contributed by atoms with Crippen molar-refractivity contribution in [3.05, 3.63) is 91.1 Å². The number of hydrogen-bond donors (Lipinski definition) is 1. The van der Waals surface area contributed by atoms with Gasteiger partial charge in [0.05, 0.1) is 54.0 Å². The summed E-state index contributed by atoms with van der Waals surface area (Å²) in [4.78, 5) is 19.6. The molecule has 0 fully saturated rings. The number of carbonyl (C=O) groups is 1. The number of aliphatic hydroxyl groups is 1. The van der Waals surface area contributed by atoms with Gasteiger partial charge in [-0.1, -0.05) is 25.3 Å². The van der Waals surface area contributed by atoms with E-state index in [0.717, 1.165) is 56.3 Å². The Morgan fingerprint density at radius 3 is 2.75 bits per heavy atom. The molecule has 1 aromatic carbocycles. The van der Waals surface area contributed by atoms with Crippen molar-refractivity contribution in [2.45, 2.75) is 38.3 Å². The third-order valence-electron chi connectivity index (χ3n) is 7.75. The maximum Gasteiger partial charge on any atom is 0.246 e. The number of aromatic nitrogens is 5. The Bertz CT molecular complexity index is 1840. The molecule has 5 aromatic rings. The number of nitrogens with zero attached hydrogens (tertiary/aromatic N) is 6. The third kappa shape index (κ3) is 6.11. The molecule has 0 saturated carbocycles. The van der Waals surface area contributed by atoms with E-state index >= 15 is 0 Å². The molecule has 8 nitrogen and oxygen atoms in total. The van der Waals surface area contributed by atoms with Crippen LogP contribution in [0.1, 0.15) is 36.6 Å². The van der Waals surface area contributed by atoms with Crippen LogP contribution >= 0.6 is 11.3 Å². The molecule has 44 heavy (non-hydrogen) atoms. The maximum absolute atomic E-state index is 13.3. The molecule has 1 amide bonds. The first-order valence-electron chi connectivity index (χ1n) is 14.3. The first-order chi connectivity index (χ1) is 21.4. The number of aryl methyl sites for hydroxylation is 1. The summed E-state index contributed by atoms with van der Waals surface area (Å²) in [5, 5.41) is 22.8. The van der Waals surface area contributed by atoms with Crippen molar-refractivity contribution in [1.29, 1.82) is 0 Å². The van der Waals surface area contributed by atoms with E-state index in [-0.39, 0.29) is 24.9 Å². The Hall–Kier alpha value is -4.48. The Balaban J connectivity index is 0.00000123. The van der Waals surface area contributed by atoms with Gasteiger partial charge in [-0.05, 0) is 61.4 Å². The van der Waals surface area contributed by atoms with Gasteiger partial charge in [0.2, 0.25) is 5.91 Å². The highest BCUT2D eigenvalue weighted by atomic mass is 32.1. The van der Waals surface area contributed by atoms with E-state index in [1.807, 2.05) is 34.1 Å². The van der Waals surface area contributed by atoms with Crippen molar-refractivity contribution in [3.63, 3.8) is 0 Å². The van der Waals surface area contributed by atoms with Crippen LogP contribution in [0.5, 0.6) is 0 Å². The highest BCUT2D eigenvalue weighted by molar-refractivity contribution is 7.17. The van der Waals surface area contributed by atoms with Gasteiger partial charge in [0.25, 0.3) is 0 Å². The van der Waals surface area contributed by atoms with Crippen molar-refractivity contribution in [2.75, 3.05) is 13.2 Å². The number of aliphatic hydroxyl groups excluding tert-OH is 1. The molecule has 0 bridgehead atoms. The van der Waals surface area contributed by atoms with Gasteiger partial charge < -0.3 is 10.0 Å². The van der Waals surface area contributed by atoms with Crippen LogP contribution in [0.2, 0.25) is 0 Å². The number of fused-ring (bicyclic) bond motifs is 3. The first kappa shape index (κ1) is 31.0. The van der Waals surface area contributed by atoms with Gasteiger partial charge in [-0.15, -0.1) is 11.3 Å². The SMILES string of the molecule is C=CC(=O)N1Cc2cc(-c3nc(-c4ccc5c(cnn5C)c4)c4ccsc4c3C/C=C/F)nn2C(CCCCO)C1.C=CF. The van der Waals surface area contributed by atoms with Gasteiger partial charge in [-0.3, -0.25) is 14.2 Å². The Morgan fingerprint density at radius 2 is 2.00 bits per heavy atom. The summed E-state index contributed by atoms with van der Waals surface area (Å²) < 4.78 is 28.2. The molecule has 0 spiro atoms. The molecule has 1 unspecified atom stereocenters. The monoisotopic (exact) mass is 616 g/mol. The minimum Gasteiger partial charge on any atom is -0.396 e. The molecule has 4 aromatic heterocycles. The number of unbranched alkanes of at least 4 members (excludes halogenated alkanes) is 1. The van der Waals surface area contributed by atoms with Crippen LogP contribution < -0.4 is 0 Å². The zero-order valence-corrected chi connectivity index (χ0v) is 25.3. The molecule has 1 aliphatic rings. The van der Waals surface area contributed by atoms with E-state index in [1.165, 1.54) is 12.2 Å². The summed E-state index contributed by atoms with van der Waals surface area (Å²) in [6.45, 7) is 7.43. The fourth-order valence-electron chi connectivity index (χ4n) is 5.75. The number of allylic oxidation sites excluding steroid dienone is 1. The number of thiophene rings is 1. The molecular formula is C33H34F2N6O2S. The smallest absolute Gasteiger partial charge is 0.246 e. The second-order valence-electron chi connectivity index (χ2n) is 10.5. The van der Waals surface area contributed by atoms with E-state index in [9.17, 15) is 18.7 Å². The van der Waals surface area contributed by atoms with Gasteiger partial charge >= 0.3 is 0 Å². The number of hydrogen-bond acceptors (Lipinski definition) is 6. The van der Waals surface area contributed by atoms with Crippen molar-refractivity contribution in [1.82, 2.24) is 29.4 Å². The number of halogens is 2. The lowest BCUT2D eigenvalue weighted by atomic mass is 10.00. The van der Waals surface area contributed by atoms with Crippen molar-refractivity contribution in [3.8, 4) is 22.6 Å². The fourth-order valence-corrected chi connectivity index (χ4v) is 6.70. The lowest BCUT2D eigenvalue weighted by Crippen LogP contribution is -2.40. The molecule has 6 rings (SSSR count). The number of rotatable bonds is 9. The normalized spacial score (nSPS) is 14.5. The second-order valence-corrected chi connectivity index (χ2v) is 11.4. The molecule has 0 saturated heterocycles. The average molecular weight is 617 g/mol. The Morgan fingerprint density at radius 1 is 1.18 bits per heavy atom. The van der Waals surface area contributed by atoms with E-state index in [1.54, 1.807) is 16.2 Å². The van der Waals surface area contributed by atoms with Gasteiger partial charge in [0, 0.05) is 46.8 Å². The van der Waals surface area contributed by atoms with Crippen LogP contribution in [-0.2, 0) is 24.8 Å². The molecule has 1 N–H and O–H groups in total. The molecule has 11 heteroatoms. The van der Waals surface area contributed by atoms with Crippen LogP contribution in [-0.4, -0.2) is 53.6 Å². The molecular weight excluding hydrogens is 582 g/mol. The van der Waals surface area contributed by atoms with Crippen molar-refractivity contribution in [2.24, 2.45) is 7.05 Å². The molecule has 1 atom stereocenters. The number of benzene rings is 1. The first-order valence-corrected chi connectivity index (χ1v) is 15.2. The summed E-state index contributed by atoms with van der Waals surface area (Å²) in [6.07, 6.45) is 8.18. The van der Waals surface area contributed by atoms with Crippen LogP contribution in [0.4, 0.5) is 8.78 Å². The van der Waals surface area contributed by atoms with Crippen molar-refractivity contribution >= 4 is 38.2 Å². The Kier molecular flexibility index (Phi) is 9.76. The van der Waals surface area contributed by atoms with Crippen LogP contribution in [0.25, 0.3) is 43.6 Å². The zero-order chi connectivity index (χ0) is 31.2. The zero-order valence-electron chi connectivity index (χ0n) is 24.5. The van der Waals surface area contributed by atoms with Crippen LogP contribution in [0.3, 0.4) is 0 Å². The molecule has 0 aliphatic carbocycles. The van der Waals surface area contributed by atoms with Gasteiger partial charge in [0.15, 0.2) is 0 Å². The minimum absolute atomic E-state index is 0.0323. The van der Waals surface area contributed by atoms with Crippen LogP contribution in [0, 0.1) is 0 Å². The molecule has 5 heterocycles. The topological polar surface area (TPSA) is 89.1 Å². The predicted molar refractivity (Wildman–Crippen MR) is 171 cm³/mol. The minimum atomic E-state index is -0.119. The highest BCUT2D eigenvalue weighted by Crippen LogP contribution is 2.40. The van der Waals surface area contributed by atoms with Crippen molar-refractivity contribution < 1.29 is 18.7 Å². The Labute approximate surface area is 258 Å². The third-order valence-corrected chi connectivity index (χ3v) is 8.73. The standard InChI is InChI=1S/C31H31FN6O2S.C2H3F/c1-3-28(40)37-18-22(7-4-5-13-39)38-23(19-37)16-26(35-38)30-24(8-6-12-32)31-25(11-14-41-31)29(34-30)20-9-10-27-21(15-20)17-33-36(27)2;1-2-3/h3,6,9-12,14-17,22,39H,1,4-5,7-8,13,18-19H2,2H3;2H,1H2/b12-6+;. The number of amides is 1. The maximum atomic E-state index is 13.3. The predicted octanol–water partition coefficient (Wildman–Crippen LogP) is 7.07. The molecule has 1 aliphatic heterocycles. The second kappa shape index (κ2) is 13.9. The van der Waals surface area contributed by atoms with Gasteiger partial charge in [-0.2, -0.15) is 10.2 Å². The largest absolute Gasteiger partial charge is 0.396 e. The highest BCUT2D eigenvalue weighted by Gasteiger charge is 2.30. The van der Waals surface area contributed by atoms with E-state index in [0.29, 0.717) is 43.6 Å². The fraction of sp³-hybridized carbons (Fsp3) is 0.273. The summed E-state index contributed by atoms with van der Waals surface area (Å²) in [5.41, 5.74) is 6.07. The van der Waals surface area contributed by atoms with E-state index in [2.05, 4.69) is 42.5 Å². The number of carbonyl (C=O) groups excluding carboxylic acids is 1. The van der Waals surface area contributed by atoms with Gasteiger partial charge in [0.1, 0.15) is 5.69 Å². The van der Waals surface area contributed by atoms with E-state index < -0.39 is 0 Å². The quantitative estimate of drug-likeness (QED) is 0.141. The average Bonchev–Trinajstić information content (AvgIpc) is 3.78. The molecule has 228 valence electrons. The number of pyridine rings is 1. The summed E-state index contributed by atoms with van der Waals surface area (Å²) in [6, 6.07) is 10.2. The lowest BCUT2D eigenvalue weighted by molar-refractivity contribution is -0.128. The molecule has 0 radical (unpaired) electrons. The summed E-state index contributed by atoms with van der Waals surface area (Å²) in [5.74, 6) is -0.119.